The highest BCUT2D eigenvalue weighted by atomic mass is 16.5. The summed E-state index contributed by atoms with van der Waals surface area (Å²) in [6, 6.07) is 5.74. The van der Waals surface area contributed by atoms with Gasteiger partial charge in [0.25, 0.3) is 0 Å². The van der Waals surface area contributed by atoms with Crippen LogP contribution in [0, 0.1) is 0 Å². The van der Waals surface area contributed by atoms with Crippen molar-refractivity contribution in [3.8, 4) is 5.75 Å². The van der Waals surface area contributed by atoms with Gasteiger partial charge in [-0.05, 0) is 23.1 Å². The van der Waals surface area contributed by atoms with E-state index in [0.29, 0.717) is 5.92 Å². The molecule has 1 rings (SSSR count). The largest absolute Gasteiger partial charge is 0.496 e. The van der Waals surface area contributed by atoms with Gasteiger partial charge < -0.3 is 9.94 Å². The van der Waals surface area contributed by atoms with Gasteiger partial charge in [-0.2, -0.15) is 0 Å². The van der Waals surface area contributed by atoms with Gasteiger partial charge in [-0.3, -0.25) is 0 Å². The lowest BCUT2D eigenvalue weighted by molar-refractivity contribution is 0.322. The predicted octanol–water partition coefficient (Wildman–Crippen LogP) is 2.63. The van der Waals surface area contributed by atoms with Gasteiger partial charge in [0.1, 0.15) is 5.75 Å². The van der Waals surface area contributed by atoms with Gasteiger partial charge in [0.15, 0.2) is 0 Å². The summed E-state index contributed by atoms with van der Waals surface area (Å²) in [5, 5.41) is 11.4. The first-order valence-corrected chi connectivity index (χ1v) is 4.54. The van der Waals surface area contributed by atoms with Crippen LogP contribution in [0.25, 0.3) is 0 Å². The van der Waals surface area contributed by atoms with Gasteiger partial charge in [-0.15, -0.1) is 0 Å². The minimum Gasteiger partial charge on any atom is -0.496 e. The molecule has 1 N–H and O–H groups in total. The molecule has 3 nitrogen and oxygen atoms in total. The third-order valence-electron chi connectivity index (χ3n) is 2.09. The van der Waals surface area contributed by atoms with Crippen molar-refractivity contribution in [2.75, 3.05) is 7.11 Å². The molecule has 0 aliphatic heterocycles. The number of ether oxygens (including phenoxy) is 1. The Morgan fingerprint density at radius 1 is 1.43 bits per heavy atom. The molecule has 14 heavy (non-hydrogen) atoms. The highest BCUT2D eigenvalue weighted by molar-refractivity contribution is 5.80. The average molecular weight is 193 g/mol. The SMILES string of the molecule is COc1cc(/C=N/O)ccc1C(C)C. The van der Waals surface area contributed by atoms with Crippen LogP contribution in [0.4, 0.5) is 0 Å². The molecule has 0 aliphatic rings. The Morgan fingerprint density at radius 2 is 2.14 bits per heavy atom. The summed E-state index contributed by atoms with van der Waals surface area (Å²) in [6.07, 6.45) is 1.38. The summed E-state index contributed by atoms with van der Waals surface area (Å²) in [4.78, 5) is 0. The van der Waals surface area contributed by atoms with E-state index in [4.69, 9.17) is 9.94 Å². The molecule has 0 spiro atoms. The Morgan fingerprint density at radius 3 is 2.64 bits per heavy atom. The summed E-state index contributed by atoms with van der Waals surface area (Å²) >= 11 is 0. The predicted molar refractivity (Wildman–Crippen MR) is 56.5 cm³/mol. The molecule has 0 atom stereocenters. The lowest BCUT2D eigenvalue weighted by Crippen LogP contribution is -1.95. The van der Waals surface area contributed by atoms with Crippen molar-refractivity contribution < 1.29 is 9.94 Å². The molecule has 1 aromatic rings. The zero-order valence-corrected chi connectivity index (χ0v) is 8.69. The van der Waals surface area contributed by atoms with E-state index >= 15 is 0 Å². The second kappa shape index (κ2) is 4.65. The Balaban J connectivity index is 3.11. The summed E-state index contributed by atoms with van der Waals surface area (Å²) in [7, 11) is 1.64. The number of rotatable bonds is 3. The quantitative estimate of drug-likeness (QED) is 0.455. The normalized spacial score (nSPS) is 11.1. The number of methoxy groups -OCH3 is 1. The minimum absolute atomic E-state index is 0.421. The zero-order chi connectivity index (χ0) is 10.6. The lowest BCUT2D eigenvalue weighted by Gasteiger charge is -2.11. The molecule has 0 unspecified atom stereocenters. The number of hydrogen-bond donors (Lipinski definition) is 1. The molecule has 0 aromatic heterocycles. The highest BCUT2D eigenvalue weighted by Gasteiger charge is 2.06. The number of nitrogens with zero attached hydrogens (tertiary/aromatic N) is 1. The van der Waals surface area contributed by atoms with E-state index in [2.05, 4.69) is 19.0 Å². The van der Waals surface area contributed by atoms with Gasteiger partial charge in [0.05, 0.1) is 13.3 Å². The smallest absolute Gasteiger partial charge is 0.122 e. The maximum absolute atomic E-state index is 8.39. The van der Waals surface area contributed by atoms with Crippen LogP contribution in [-0.4, -0.2) is 18.5 Å². The van der Waals surface area contributed by atoms with E-state index in [9.17, 15) is 0 Å². The Kier molecular flexibility index (Phi) is 3.51. The standard InChI is InChI=1S/C11H15NO2/c1-8(2)10-5-4-9(7-12-13)6-11(10)14-3/h4-8,13H,1-3H3/b12-7+. The van der Waals surface area contributed by atoms with Gasteiger partial charge >= 0.3 is 0 Å². The molecular weight excluding hydrogens is 178 g/mol. The second-order valence-corrected chi connectivity index (χ2v) is 3.40. The van der Waals surface area contributed by atoms with Crippen LogP contribution in [0.3, 0.4) is 0 Å². The van der Waals surface area contributed by atoms with Gasteiger partial charge in [0, 0.05) is 0 Å². The summed E-state index contributed by atoms with van der Waals surface area (Å²) < 4.78 is 5.25. The lowest BCUT2D eigenvalue weighted by atomic mass is 10.0. The van der Waals surface area contributed by atoms with Crippen molar-refractivity contribution in [2.24, 2.45) is 5.16 Å². The third kappa shape index (κ3) is 2.25. The molecule has 0 radical (unpaired) electrons. The van der Waals surface area contributed by atoms with Crippen LogP contribution in [0.5, 0.6) is 5.75 Å². The van der Waals surface area contributed by atoms with Crippen molar-refractivity contribution in [1.82, 2.24) is 0 Å². The monoisotopic (exact) mass is 193 g/mol. The van der Waals surface area contributed by atoms with Crippen molar-refractivity contribution >= 4 is 6.21 Å². The minimum atomic E-state index is 0.421. The number of benzene rings is 1. The molecule has 0 fully saturated rings. The first-order chi connectivity index (χ1) is 6.69. The number of hydrogen-bond acceptors (Lipinski definition) is 3. The van der Waals surface area contributed by atoms with E-state index in [1.165, 1.54) is 6.21 Å². The van der Waals surface area contributed by atoms with Crippen LogP contribution < -0.4 is 4.74 Å². The molecule has 1 aromatic carbocycles. The van der Waals surface area contributed by atoms with E-state index in [1.54, 1.807) is 7.11 Å². The summed E-state index contributed by atoms with van der Waals surface area (Å²) in [5.41, 5.74) is 1.98. The van der Waals surface area contributed by atoms with Crippen LogP contribution in [0.2, 0.25) is 0 Å². The van der Waals surface area contributed by atoms with Crippen molar-refractivity contribution in [3.05, 3.63) is 29.3 Å². The molecule has 0 aliphatic carbocycles. The second-order valence-electron chi connectivity index (χ2n) is 3.40. The Labute approximate surface area is 84.0 Å². The zero-order valence-electron chi connectivity index (χ0n) is 8.69. The van der Waals surface area contributed by atoms with E-state index in [-0.39, 0.29) is 0 Å². The fourth-order valence-electron chi connectivity index (χ4n) is 1.35. The average Bonchev–Trinajstić information content (AvgIpc) is 2.17. The first-order valence-electron chi connectivity index (χ1n) is 4.54. The molecule has 3 heteroatoms. The van der Waals surface area contributed by atoms with Crippen LogP contribution in [0.15, 0.2) is 23.4 Å². The number of oxime groups is 1. The van der Waals surface area contributed by atoms with Crippen molar-refractivity contribution in [1.29, 1.82) is 0 Å². The molecule has 0 saturated heterocycles. The van der Waals surface area contributed by atoms with E-state index in [1.807, 2.05) is 18.2 Å². The Bertz CT molecular complexity index is 332. The fraction of sp³-hybridized carbons (Fsp3) is 0.364. The summed E-state index contributed by atoms with van der Waals surface area (Å²) in [5.74, 6) is 1.25. The Hall–Kier alpha value is -1.51. The maximum Gasteiger partial charge on any atom is 0.122 e. The van der Waals surface area contributed by atoms with Crippen molar-refractivity contribution in [2.45, 2.75) is 19.8 Å². The molecule has 0 amide bonds. The highest BCUT2D eigenvalue weighted by Crippen LogP contribution is 2.26. The van der Waals surface area contributed by atoms with Crippen molar-refractivity contribution in [3.63, 3.8) is 0 Å². The van der Waals surface area contributed by atoms with E-state index < -0.39 is 0 Å². The topological polar surface area (TPSA) is 41.8 Å². The first kappa shape index (κ1) is 10.6. The van der Waals surface area contributed by atoms with Gasteiger partial charge in [0.2, 0.25) is 0 Å². The molecular formula is C11H15NO2. The van der Waals surface area contributed by atoms with Crippen LogP contribution >= 0.6 is 0 Å². The van der Waals surface area contributed by atoms with Crippen LogP contribution in [-0.2, 0) is 0 Å². The van der Waals surface area contributed by atoms with Crippen LogP contribution in [0.1, 0.15) is 30.9 Å². The molecule has 0 bridgehead atoms. The fourth-order valence-corrected chi connectivity index (χ4v) is 1.35. The molecule has 0 saturated carbocycles. The van der Waals surface area contributed by atoms with Gasteiger partial charge in [-0.25, -0.2) is 0 Å². The summed E-state index contributed by atoms with van der Waals surface area (Å²) in [6.45, 7) is 4.22. The molecule has 76 valence electrons. The maximum atomic E-state index is 8.39. The van der Waals surface area contributed by atoms with Gasteiger partial charge in [-0.1, -0.05) is 31.1 Å². The molecule has 0 heterocycles. The third-order valence-corrected chi connectivity index (χ3v) is 2.09. The van der Waals surface area contributed by atoms with E-state index in [0.717, 1.165) is 16.9 Å².